The third-order valence-corrected chi connectivity index (χ3v) is 1.80. The highest BCUT2D eigenvalue weighted by molar-refractivity contribution is 6.32. The minimum Gasteiger partial charge on any atom is -0.504 e. The van der Waals surface area contributed by atoms with E-state index in [4.69, 9.17) is 22.4 Å². The van der Waals surface area contributed by atoms with Crippen LogP contribution in [0.5, 0.6) is 5.75 Å². The molecular formula is C8H9ClFNO. The first-order valence-corrected chi connectivity index (χ1v) is 3.90. The highest BCUT2D eigenvalue weighted by Crippen LogP contribution is 2.27. The Morgan fingerprint density at radius 1 is 1.50 bits per heavy atom. The summed E-state index contributed by atoms with van der Waals surface area (Å²) in [5.74, 6) is -1.21. The van der Waals surface area contributed by atoms with Gasteiger partial charge < -0.3 is 10.8 Å². The van der Waals surface area contributed by atoms with Crippen LogP contribution in [0.4, 0.5) is 4.39 Å². The molecule has 0 fully saturated rings. The van der Waals surface area contributed by atoms with E-state index in [1.165, 1.54) is 12.1 Å². The van der Waals surface area contributed by atoms with Gasteiger partial charge in [-0.1, -0.05) is 11.6 Å². The van der Waals surface area contributed by atoms with E-state index < -0.39 is 11.6 Å². The van der Waals surface area contributed by atoms with E-state index in [9.17, 15) is 4.39 Å². The largest absolute Gasteiger partial charge is 0.504 e. The van der Waals surface area contributed by atoms with Crippen LogP contribution in [0.1, 0.15) is 5.56 Å². The van der Waals surface area contributed by atoms with Gasteiger partial charge in [0, 0.05) is 0 Å². The van der Waals surface area contributed by atoms with Gasteiger partial charge in [-0.15, -0.1) is 0 Å². The highest BCUT2D eigenvalue weighted by atomic mass is 35.5. The maximum atomic E-state index is 12.8. The molecule has 0 spiro atoms. The summed E-state index contributed by atoms with van der Waals surface area (Å²) >= 11 is 5.52. The van der Waals surface area contributed by atoms with Gasteiger partial charge >= 0.3 is 0 Å². The summed E-state index contributed by atoms with van der Waals surface area (Å²) in [6.07, 6.45) is 0.552. The fraction of sp³-hybridized carbons (Fsp3) is 0.250. The molecule has 0 saturated heterocycles. The molecule has 0 atom stereocenters. The molecule has 3 N–H and O–H groups in total. The number of hydrogen-bond donors (Lipinski definition) is 2. The van der Waals surface area contributed by atoms with Gasteiger partial charge in [0.05, 0.1) is 5.02 Å². The molecular weight excluding hydrogens is 181 g/mol. The number of phenolic OH excluding ortho intramolecular Hbond substituents is 1. The Balaban J connectivity index is 3.04. The van der Waals surface area contributed by atoms with E-state index in [1.807, 2.05) is 0 Å². The van der Waals surface area contributed by atoms with Crippen molar-refractivity contribution in [1.29, 1.82) is 0 Å². The molecule has 0 aliphatic heterocycles. The fourth-order valence-electron chi connectivity index (χ4n) is 0.929. The lowest BCUT2D eigenvalue weighted by Gasteiger charge is -2.02. The first-order chi connectivity index (χ1) is 5.65. The van der Waals surface area contributed by atoms with E-state index in [0.717, 1.165) is 0 Å². The van der Waals surface area contributed by atoms with Crippen molar-refractivity contribution in [3.05, 3.63) is 28.5 Å². The van der Waals surface area contributed by atoms with Gasteiger partial charge in [-0.2, -0.15) is 0 Å². The Morgan fingerprint density at radius 2 is 2.17 bits per heavy atom. The monoisotopic (exact) mass is 189 g/mol. The SMILES string of the molecule is NCCc1cc(F)c(O)c(Cl)c1. The number of rotatable bonds is 2. The lowest BCUT2D eigenvalue weighted by molar-refractivity contribution is 0.432. The Kier molecular flexibility index (Phi) is 2.89. The zero-order valence-corrected chi connectivity index (χ0v) is 7.11. The lowest BCUT2D eigenvalue weighted by Crippen LogP contribution is -2.02. The third-order valence-electron chi connectivity index (χ3n) is 1.51. The molecule has 1 aromatic rings. The zero-order chi connectivity index (χ0) is 9.14. The normalized spacial score (nSPS) is 10.2. The fourth-order valence-corrected chi connectivity index (χ4v) is 1.16. The van der Waals surface area contributed by atoms with Crippen molar-refractivity contribution in [2.75, 3.05) is 6.54 Å². The smallest absolute Gasteiger partial charge is 0.170 e. The summed E-state index contributed by atoms with van der Waals surface area (Å²) in [6.45, 7) is 0.431. The average Bonchev–Trinajstić information content (AvgIpc) is 2.01. The van der Waals surface area contributed by atoms with Crippen molar-refractivity contribution < 1.29 is 9.50 Å². The molecule has 12 heavy (non-hydrogen) atoms. The van der Waals surface area contributed by atoms with E-state index in [2.05, 4.69) is 0 Å². The lowest BCUT2D eigenvalue weighted by atomic mass is 10.1. The van der Waals surface area contributed by atoms with Crippen molar-refractivity contribution in [1.82, 2.24) is 0 Å². The molecule has 0 aromatic heterocycles. The average molecular weight is 190 g/mol. The highest BCUT2D eigenvalue weighted by Gasteiger charge is 2.06. The van der Waals surface area contributed by atoms with Crippen LogP contribution in [0.2, 0.25) is 5.02 Å². The van der Waals surface area contributed by atoms with Crippen molar-refractivity contribution in [3.8, 4) is 5.75 Å². The first-order valence-electron chi connectivity index (χ1n) is 3.52. The van der Waals surface area contributed by atoms with Crippen LogP contribution < -0.4 is 5.73 Å². The van der Waals surface area contributed by atoms with Crippen molar-refractivity contribution >= 4 is 11.6 Å². The Bertz CT molecular complexity index is 267. The van der Waals surface area contributed by atoms with Crippen molar-refractivity contribution in [2.24, 2.45) is 5.73 Å². The quantitative estimate of drug-likeness (QED) is 0.744. The van der Waals surface area contributed by atoms with Crippen LogP contribution in [-0.4, -0.2) is 11.7 Å². The summed E-state index contributed by atoms with van der Waals surface area (Å²) in [7, 11) is 0. The molecule has 0 heterocycles. The van der Waals surface area contributed by atoms with E-state index in [0.29, 0.717) is 18.5 Å². The standard InChI is InChI=1S/C8H9ClFNO/c9-6-3-5(1-2-11)4-7(10)8(6)12/h3-4,12H,1-2,11H2. The van der Waals surface area contributed by atoms with Crippen LogP contribution in [0.15, 0.2) is 12.1 Å². The number of phenols is 1. The van der Waals surface area contributed by atoms with Gasteiger partial charge in [-0.25, -0.2) is 4.39 Å². The van der Waals surface area contributed by atoms with Crippen LogP contribution >= 0.6 is 11.6 Å². The molecule has 0 aliphatic carbocycles. The second-order valence-electron chi connectivity index (χ2n) is 2.45. The van der Waals surface area contributed by atoms with Crippen molar-refractivity contribution in [3.63, 3.8) is 0 Å². The molecule has 1 rings (SSSR count). The Hall–Kier alpha value is -0.800. The minimum atomic E-state index is -0.703. The van der Waals surface area contributed by atoms with Gasteiger partial charge in [0.25, 0.3) is 0 Å². The van der Waals surface area contributed by atoms with Gasteiger partial charge in [0.2, 0.25) is 0 Å². The van der Waals surface area contributed by atoms with Crippen molar-refractivity contribution in [2.45, 2.75) is 6.42 Å². The predicted octanol–water partition coefficient (Wildman–Crippen LogP) is 1.69. The number of aromatic hydroxyl groups is 1. The van der Waals surface area contributed by atoms with Gasteiger partial charge in [-0.05, 0) is 30.7 Å². The predicted molar refractivity (Wildman–Crippen MR) is 45.8 cm³/mol. The van der Waals surface area contributed by atoms with Gasteiger partial charge in [0.15, 0.2) is 11.6 Å². The van der Waals surface area contributed by atoms with E-state index in [-0.39, 0.29) is 5.02 Å². The van der Waals surface area contributed by atoms with Gasteiger partial charge in [-0.3, -0.25) is 0 Å². The van der Waals surface area contributed by atoms with E-state index >= 15 is 0 Å². The number of halogens is 2. The molecule has 0 radical (unpaired) electrons. The number of hydrogen-bond acceptors (Lipinski definition) is 2. The van der Waals surface area contributed by atoms with Gasteiger partial charge in [0.1, 0.15) is 0 Å². The molecule has 2 nitrogen and oxygen atoms in total. The summed E-state index contributed by atoms with van der Waals surface area (Å²) in [5.41, 5.74) is 5.96. The number of nitrogens with two attached hydrogens (primary N) is 1. The second kappa shape index (κ2) is 3.74. The molecule has 0 bridgehead atoms. The molecule has 4 heteroatoms. The first kappa shape index (κ1) is 9.29. The van der Waals surface area contributed by atoms with E-state index in [1.54, 1.807) is 0 Å². The zero-order valence-electron chi connectivity index (χ0n) is 6.35. The summed E-state index contributed by atoms with van der Waals surface area (Å²) in [4.78, 5) is 0. The Morgan fingerprint density at radius 3 is 2.67 bits per heavy atom. The molecule has 0 saturated carbocycles. The molecule has 1 aromatic carbocycles. The molecule has 0 aliphatic rings. The number of benzene rings is 1. The summed E-state index contributed by atoms with van der Waals surface area (Å²) in [5, 5.41) is 8.99. The minimum absolute atomic E-state index is 0.0263. The summed E-state index contributed by atoms with van der Waals surface area (Å²) in [6, 6.07) is 2.74. The Labute approximate surface area is 74.8 Å². The van der Waals surface area contributed by atoms with Crippen LogP contribution in [0.25, 0.3) is 0 Å². The topological polar surface area (TPSA) is 46.2 Å². The molecule has 66 valence electrons. The van der Waals surface area contributed by atoms with Crippen LogP contribution in [0.3, 0.4) is 0 Å². The molecule has 0 unspecified atom stereocenters. The maximum absolute atomic E-state index is 12.8. The summed E-state index contributed by atoms with van der Waals surface area (Å²) < 4.78 is 12.8. The second-order valence-corrected chi connectivity index (χ2v) is 2.85. The molecule has 0 amide bonds. The third kappa shape index (κ3) is 1.87. The van der Waals surface area contributed by atoms with Crippen LogP contribution in [0, 0.1) is 5.82 Å². The maximum Gasteiger partial charge on any atom is 0.170 e. The van der Waals surface area contributed by atoms with Crippen LogP contribution in [-0.2, 0) is 6.42 Å².